The lowest BCUT2D eigenvalue weighted by molar-refractivity contribution is 0.145. The molecule has 12 heavy (non-hydrogen) atoms. The second-order valence-corrected chi connectivity index (χ2v) is 4.11. The van der Waals surface area contributed by atoms with Crippen molar-refractivity contribution in [2.75, 3.05) is 33.2 Å². The smallest absolute Gasteiger partial charge is 0.0120 e. The summed E-state index contributed by atoms with van der Waals surface area (Å²) in [5.74, 6) is 0. The van der Waals surface area contributed by atoms with Crippen LogP contribution in [0, 0.1) is 6.42 Å². The molecular weight excluding hydrogens is 148 g/mol. The van der Waals surface area contributed by atoms with Crippen LogP contribution in [0.3, 0.4) is 0 Å². The summed E-state index contributed by atoms with van der Waals surface area (Å²) < 4.78 is 0. The minimum absolute atomic E-state index is 0.889. The van der Waals surface area contributed by atoms with Gasteiger partial charge in [0, 0.05) is 12.6 Å². The zero-order valence-electron chi connectivity index (χ0n) is 8.00. The van der Waals surface area contributed by atoms with Crippen LogP contribution in [0.25, 0.3) is 0 Å². The Morgan fingerprint density at radius 3 is 2.50 bits per heavy atom. The standard InChI is InChI=1S/C10H19N2/c1-11-8-4-10(5-9-11)12-6-2-3-7-12/h2,10H,3-9H2,1H3. The third kappa shape index (κ3) is 1.80. The molecular formula is C10H19N2. The Bertz CT molecular complexity index is 133. The largest absolute Gasteiger partial charge is 0.306 e. The van der Waals surface area contributed by atoms with Gasteiger partial charge in [0.15, 0.2) is 0 Å². The molecule has 2 fully saturated rings. The zero-order valence-corrected chi connectivity index (χ0v) is 8.00. The quantitative estimate of drug-likeness (QED) is 0.574. The van der Waals surface area contributed by atoms with Crippen molar-refractivity contribution in [1.82, 2.24) is 9.80 Å². The lowest BCUT2D eigenvalue weighted by Crippen LogP contribution is -2.42. The van der Waals surface area contributed by atoms with E-state index in [0.29, 0.717) is 0 Å². The first kappa shape index (κ1) is 8.52. The number of nitrogens with zero attached hydrogens (tertiary/aromatic N) is 2. The number of likely N-dealkylation sites (tertiary alicyclic amines) is 2. The maximum Gasteiger partial charge on any atom is 0.0120 e. The van der Waals surface area contributed by atoms with Crippen molar-refractivity contribution in [3.05, 3.63) is 6.42 Å². The molecule has 0 saturated carbocycles. The Morgan fingerprint density at radius 2 is 1.92 bits per heavy atom. The summed E-state index contributed by atoms with van der Waals surface area (Å²) in [6.45, 7) is 5.14. The second-order valence-electron chi connectivity index (χ2n) is 4.11. The molecule has 0 aliphatic carbocycles. The SMILES string of the molecule is CN1CCC(N2C[CH]CC2)CC1. The van der Waals surface area contributed by atoms with Gasteiger partial charge in [-0.25, -0.2) is 0 Å². The number of piperidine rings is 1. The molecule has 0 aromatic heterocycles. The molecule has 2 heterocycles. The van der Waals surface area contributed by atoms with Crippen LogP contribution in [-0.4, -0.2) is 49.1 Å². The van der Waals surface area contributed by atoms with Crippen LogP contribution in [-0.2, 0) is 0 Å². The summed E-state index contributed by atoms with van der Waals surface area (Å²) >= 11 is 0. The van der Waals surface area contributed by atoms with Crippen LogP contribution < -0.4 is 0 Å². The van der Waals surface area contributed by atoms with Crippen molar-refractivity contribution in [3.8, 4) is 0 Å². The van der Waals surface area contributed by atoms with Gasteiger partial charge in [-0.1, -0.05) is 0 Å². The minimum atomic E-state index is 0.889. The molecule has 2 heteroatoms. The van der Waals surface area contributed by atoms with Gasteiger partial charge in [0.25, 0.3) is 0 Å². The summed E-state index contributed by atoms with van der Waals surface area (Å²) in [4.78, 5) is 5.09. The lowest BCUT2D eigenvalue weighted by atomic mass is 10.0. The van der Waals surface area contributed by atoms with E-state index in [0.717, 1.165) is 6.04 Å². The fourth-order valence-electron chi connectivity index (χ4n) is 2.30. The highest BCUT2D eigenvalue weighted by Gasteiger charge is 2.24. The Kier molecular flexibility index (Phi) is 2.66. The van der Waals surface area contributed by atoms with E-state index < -0.39 is 0 Å². The highest BCUT2D eigenvalue weighted by Crippen LogP contribution is 2.19. The highest BCUT2D eigenvalue weighted by molar-refractivity contribution is 4.87. The molecule has 0 unspecified atom stereocenters. The molecule has 2 rings (SSSR count). The molecule has 0 N–H and O–H groups in total. The molecule has 2 nitrogen and oxygen atoms in total. The molecule has 2 aliphatic rings. The van der Waals surface area contributed by atoms with E-state index in [1.165, 1.54) is 45.4 Å². The van der Waals surface area contributed by atoms with Crippen molar-refractivity contribution >= 4 is 0 Å². The molecule has 1 radical (unpaired) electrons. The monoisotopic (exact) mass is 167 g/mol. The molecule has 69 valence electrons. The number of hydrogen-bond donors (Lipinski definition) is 0. The fourth-order valence-corrected chi connectivity index (χ4v) is 2.30. The summed E-state index contributed by atoms with van der Waals surface area (Å²) in [5, 5.41) is 0. The van der Waals surface area contributed by atoms with Crippen molar-refractivity contribution < 1.29 is 0 Å². The van der Waals surface area contributed by atoms with Crippen LogP contribution in [0.2, 0.25) is 0 Å². The average molecular weight is 167 g/mol. The third-order valence-electron chi connectivity index (χ3n) is 3.19. The van der Waals surface area contributed by atoms with Crippen molar-refractivity contribution in [3.63, 3.8) is 0 Å². The molecule has 0 amide bonds. The van der Waals surface area contributed by atoms with Gasteiger partial charge in [-0.2, -0.15) is 0 Å². The zero-order chi connectivity index (χ0) is 8.39. The van der Waals surface area contributed by atoms with Crippen LogP contribution in [0.4, 0.5) is 0 Å². The van der Waals surface area contributed by atoms with Crippen LogP contribution in [0.15, 0.2) is 0 Å². The average Bonchev–Trinajstić information content (AvgIpc) is 2.58. The first-order valence-electron chi connectivity index (χ1n) is 5.10. The first-order chi connectivity index (χ1) is 5.86. The molecule has 0 bridgehead atoms. The van der Waals surface area contributed by atoms with E-state index in [-0.39, 0.29) is 0 Å². The maximum absolute atomic E-state index is 2.65. The van der Waals surface area contributed by atoms with E-state index in [2.05, 4.69) is 23.3 Å². The molecule has 0 aromatic carbocycles. The first-order valence-corrected chi connectivity index (χ1v) is 5.10. The van der Waals surface area contributed by atoms with Gasteiger partial charge in [0.05, 0.1) is 0 Å². The Hall–Kier alpha value is -0.0800. The van der Waals surface area contributed by atoms with Gasteiger partial charge < -0.3 is 4.90 Å². The number of rotatable bonds is 1. The normalized spacial score (nSPS) is 29.8. The molecule has 2 aliphatic heterocycles. The van der Waals surface area contributed by atoms with E-state index in [9.17, 15) is 0 Å². The predicted molar refractivity (Wildman–Crippen MR) is 51.0 cm³/mol. The maximum atomic E-state index is 2.65. The summed E-state index contributed by atoms with van der Waals surface area (Å²) in [7, 11) is 2.23. The Balaban J connectivity index is 1.80. The van der Waals surface area contributed by atoms with Crippen molar-refractivity contribution in [2.45, 2.75) is 25.3 Å². The second kappa shape index (κ2) is 3.75. The van der Waals surface area contributed by atoms with Gasteiger partial charge in [-0.05, 0) is 52.4 Å². The molecule has 0 spiro atoms. The van der Waals surface area contributed by atoms with Gasteiger partial charge in [-0.3, -0.25) is 4.90 Å². The van der Waals surface area contributed by atoms with Crippen molar-refractivity contribution in [2.24, 2.45) is 0 Å². The van der Waals surface area contributed by atoms with E-state index in [4.69, 9.17) is 0 Å². The van der Waals surface area contributed by atoms with Crippen molar-refractivity contribution in [1.29, 1.82) is 0 Å². The van der Waals surface area contributed by atoms with Gasteiger partial charge in [0.1, 0.15) is 0 Å². The van der Waals surface area contributed by atoms with E-state index >= 15 is 0 Å². The van der Waals surface area contributed by atoms with E-state index in [1.807, 2.05) is 0 Å². The van der Waals surface area contributed by atoms with Gasteiger partial charge in [0.2, 0.25) is 0 Å². The van der Waals surface area contributed by atoms with Crippen LogP contribution in [0.1, 0.15) is 19.3 Å². The summed E-state index contributed by atoms with van der Waals surface area (Å²) in [6.07, 6.45) is 6.49. The molecule has 0 atom stereocenters. The van der Waals surface area contributed by atoms with Crippen LogP contribution in [0.5, 0.6) is 0 Å². The minimum Gasteiger partial charge on any atom is -0.306 e. The molecule has 2 saturated heterocycles. The fraction of sp³-hybridized carbons (Fsp3) is 0.900. The van der Waals surface area contributed by atoms with Gasteiger partial charge >= 0.3 is 0 Å². The van der Waals surface area contributed by atoms with Gasteiger partial charge in [-0.15, -0.1) is 0 Å². The number of hydrogen-bond acceptors (Lipinski definition) is 2. The Labute approximate surface area is 75.5 Å². The van der Waals surface area contributed by atoms with E-state index in [1.54, 1.807) is 0 Å². The van der Waals surface area contributed by atoms with Crippen LogP contribution >= 0.6 is 0 Å². The molecule has 0 aromatic rings. The summed E-state index contributed by atoms with van der Waals surface area (Å²) in [5.41, 5.74) is 0. The Morgan fingerprint density at radius 1 is 1.17 bits per heavy atom. The highest BCUT2D eigenvalue weighted by atomic mass is 15.2. The summed E-state index contributed by atoms with van der Waals surface area (Å²) in [6, 6.07) is 0.889. The third-order valence-corrected chi connectivity index (χ3v) is 3.19. The lowest BCUT2D eigenvalue weighted by Gasteiger charge is -2.34. The topological polar surface area (TPSA) is 6.48 Å². The predicted octanol–water partition coefficient (Wildman–Crippen LogP) is 0.991.